The fourth-order valence-corrected chi connectivity index (χ4v) is 1.42. The highest BCUT2D eigenvalue weighted by molar-refractivity contribution is 5.79. The molecule has 0 rings (SSSR count). The molecule has 0 aliphatic carbocycles. The highest BCUT2D eigenvalue weighted by Crippen LogP contribution is 2.19. The number of nitrogens with two attached hydrogens (primary N) is 1. The summed E-state index contributed by atoms with van der Waals surface area (Å²) in [7, 11) is 0. The van der Waals surface area contributed by atoms with Gasteiger partial charge in [0.05, 0.1) is 0 Å². The van der Waals surface area contributed by atoms with Crippen LogP contribution in [0, 0.1) is 5.41 Å². The minimum absolute atomic E-state index is 0.307. The van der Waals surface area contributed by atoms with Gasteiger partial charge in [-0.25, -0.2) is 0 Å². The molecule has 4 nitrogen and oxygen atoms in total. The van der Waals surface area contributed by atoms with Crippen molar-refractivity contribution < 1.29 is 5.21 Å². The van der Waals surface area contributed by atoms with Gasteiger partial charge in [0.25, 0.3) is 0 Å². The summed E-state index contributed by atoms with van der Waals surface area (Å²) < 4.78 is 0. The third kappa shape index (κ3) is 7.51. The third-order valence-corrected chi connectivity index (χ3v) is 2.66. The number of nitrogens with zero attached hydrogens (tertiary/aromatic N) is 2. The van der Waals surface area contributed by atoms with Crippen molar-refractivity contribution in [3.63, 3.8) is 0 Å². The van der Waals surface area contributed by atoms with Crippen molar-refractivity contribution in [2.24, 2.45) is 16.3 Å². The van der Waals surface area contributed by atoms with Crippen LogP contribution >= 0.6 is 0 Å². The van der Waals surface area contributed by atoms with Gasteiger partial charge in [0.2, 0.25) is 0 Å². The highest BCUT2D eigenvalue weighted by atomic mass is 16.4. The molecule has 0 unspecified atom stereocenters. The molecule has 0 spiro atoms. The van der Waals surface area contributed by atoms with Crippen LogP contribution < -0.4 is 5.73 Å². The van der Waals surface area contributed by atoms with Crippen LogP contribution in [0.2, 0.25) is 0 Å². The number of hydrogen-bond acceptors (Lipinski definition) is 3. The molecule has 3 N–H and O–H groups in total. The van der Waals surface area contributed by atoms with E-state index >= 15 is 0 Å². The Morgan fingerprint density at radius 1 is 1.31 bits per heavy atom. The Morgan fingerprint density at radius 3 is 2.25 bits per heavy atom. The van der Waals surface area contributed by atoms with Gasteiger partial charge in [-0.1, -0.05) is 25.9 Å². The molecule has 0 saturated heterocycles. The van der Waals surface area contributed by atoms with Gasteiger partial charge in [-0.05, 0) is 32.2 Å². The molecule has 0 atom stereocenters. The van der Waals surface area contributed by atoms with Gasteiger partial charge >= 0.3 is 0 Å². The summed E-state index contributed by atoms with van der Waals surface area (Å²) in [6.45, 7) is 13.0. The van der Waals surface area contributed by atoms with Gasteiger partial charge in [0.1, 0.15) is 5.84 Å². The van der Waals surface area contributed by atoms with E-state index in [1.54, 1.807) is 0 Å². The second-order valence-corrected chi connectivity index (χ2v) is 5.78. The molecule has 0 aliphatic rings. The molecule has 16 heavy (non-hydrogen) atoms. The van der Waals surface area contributed by atoms with Crippen LogP contribution in [0.4, 0.5) is 0 Å². The van der Waals surface area contributed by atoms with Crippen LogP contribution in [0.3, 0.4) is 0 Å². The Kier molecular flexibility index (Phi) is 6.41. The molecule has 0 heterocycles. The first kappa shape index (κ1) is 15.2. The van der Waals surface area contributed by atoms with E-state index in [-0.39, 0.29) is 0 Å². The Bertz CT molecular complexity index is 219. The summed E-state index contributed by atoms with van der Waals surface area (Å²) in [6.07, 6.45) is 1.78. The predicted molar refractivity (Wildman–Crippen MR) is 68.8 cm³/mol. The molecule has 0 aromatic rings. The second kappa shape index (κ2) is 6.74. The van der Waals surface area contributed by atoms with Crippen molar-refractivity contribution in [3.8, 4) is 0 Å². The first-order chi connectivity index (χ1) is 7.26. The fourth-order valence-electron chi connectivity index (χ4n) is 1.42. The fraction of sp³-hybridized carbons (Fsp3) is 0.917. The van der Waals surface area contributed by atoms with E-state index in [1.165, 1.54) is 0 Å². The Balaban J connectivity index is 4.09. The molecular formula is C12H27N3O. The van der Waals surface area contributed by atoms with Crippen molar-refractivity contribution in [1.82, 2.24) is 4.90 Å². The van der Waals surface area contributed by atoms with Crippen LogP contribution in [-0.2, 0) is 0 Å². The lowest BCUT2D eigenvalue weighted by Crippen LogP contribution is -2.36. The molecule has 0 aromatic heterocycles. The quantitative estimate of drug-likeness (QED) is 0.318. The van der Waals surface area contributed by atoms with E-state index in [0.717, 1.165) is 19.5 Å². The largest absolute Gasteiger partial charge is 0.409 e. The molecule has 0 radical (unpaired) electrons. The standard InChI is InChI=1S/C12H27N3O/c1-10(2)15(8-6-11(13)14-16)9-7-12(3,4)5/h10,16H,6-9H2,1-5H3,(H2,13,14). The van der Waals surface area contributed by atoms with E-state index in [4.69, 9.17) is 10.9 Å². The maximum absolute atomic E-state index is 8.49. The monoisotopic (exact) mass is 229 g/mol. The van der Waals surface area contributed by atoms with Crippen molar-refractivity contribution in [3.05, 3.63) is 0 Å². The first-order valence-corrected chi connectivity index (χ1v) is 5.96. The van der Waals surface area contributed by atoms with Gasteiger partial charge in [-0.2, -0.15) is 0 Å². The van der Waals surface area contributed by atoms with Crippen molar-refractivity contribution in [1.29, 1.82) is 0 Å². The van der Waals surface area contributed by atoms with Gasteiger partial charge in [-0.15, -0.1) is 0 Å². The molecule has 0 aromatic carbocycles. The molecule has 0 aliphatic heterocycles. The average Bonchev–Trinajstić information content (AvgIpc) is 2.14. The maximum Gasteiger partial charge on any atom is 0.140 e. The van der Waals surface area contributed by atoms with E-state index in [2.05, 4.69) is 44.7 Å². The molecular weight excluding hydrogens is 202 g/mol. The Labute approximate surface area is 99.5 Å². The number of oxime groups is 1. The predicted octanol–water partition coefficient (Wildman–Crippen LogP) is 2.27. The smallest absolute Gasteiger partial charge is 0.140 e. The zero-order valence-corrected chi connectivity index (χ0v) is 11.3. The number of amidine groups is 1. The lowest BCUT2D eigenvalue weighted by atomic mass is 9.92. The lowest BCUT2D eigenvalue weighted by Gasteiger charge is -2.29. The van der Waals surface area contributed by atoms with Crippen LogP contribution in [0.25, 0.3) is 0 Å². The summed E-state index contributed by atoms with van der Waals surface area (Å²) in [4.78, 5) is 2.36. The van der Waals surface area contributed by atoms with Gasteiger partial charge < -0.3 is 15.8 Å². The molecule has 4 heteroatoms. The van der Waals surface area contributed by atoms with E-state index in [0.29, 0.717) is 23.7 Å². The number of hydrogen-bond donors (Lipinski definition) is 2. The summed E-state index contributed by atoms with van der Waals surface area (Å²) in [6, 6.07) is 0.494. The van der Waals surface area contributed by atoms with Gasteiger partial charge in [0.15, 0.2) is 0 Å². The lowest BCUT2D eigenvalue weighted by molar-refractivity contribution is 0.193. The number of rotatable bonds is 6. The van der Waals surface area contributed by atoms with Crippen molar-refractivity contribution in [2.75, 3.05) is 13.1 Å². The molecule has 0 bridgehead atoms. The normalized spacial score (nSPS) is 13.8. The van der Waals surface area contributed by atoms with E-state index in [1.807, 2.05) is 0 Å². The van der Waals surface area contributed by atoms with Crippen LogP contribution in [0.15, 0.2) is 5.16 Å². The Hall–Kier alpha value is -0.770. The van der Waals surface area contributed by atoms with Crippen LogP contribution in [0.1, 0.15) is 47.5 Å². The molecule has 0 saturated carbocycles. The molecule has 96 valence electrons. The van der Waals surface area contributed by atoms with E-state index < -0.39 is 0 Å². The maximum atomic E-state index is 8.49. The summed E-state index contributed by atoms with van der Waals surface area (Å²) in [5.74, 6) is 0.307. The summed E-state index contributed by atoms with van der Waals surface area (Å²) in [5.41, 5.74) is 5.83. The summed E-state index contributed by atoms with van der Waals surface area (Å²) >= 11 is 0. The van der Waals surface area contributed by atoms with Crippen LogP contribution in [0.5, 0.6) is 0 Å². The van der Waals surface area contributed by atoms with E-state index in [9.17, 15) is 0 Å². The topological polar surface area (TPSA) is 61.8 Å². The van der Waals surface area contributed by atoms with Gasteiger partial charge in [-0.3, -0.25) is 0 Å². The molecule has 0 fully saturated rings. The van der Waals surface area contributed by atoms with Gasteiger partial charge in [0, 0.05) is 19.0 Å². The van der Waals surface area contributed by atoms with Crippen molar-refractivity contribution in [2.45, 2.75) is 53.5 Å². The summed E-state index contributed by atoms with van der Waals surface area (Å²) in [5, 5.41) is 11.5. The first-order valence-electron chi connectivity index (χ1n) is 5.96. The average molecular weight is 229 g/mol. The zero-order valence-electron chi connectivity index (χ0n) is 11.3. The second-order valence-electron chi connectivity index (χ2n) is 5.78. The van der Waals surface area contributed by atoms with Crippen molar-refractivity contribution >= 4 is 5.84 Å². The minimum atomic E-state index is 0.307. The third-order valence-electron chi connectivity index (χ3n) is 2.66. The Morgan fingerprint density at radius 2 is 1.88 bits per heavy atom. The molecule has 0 amide bonds. The van der Waals surface area contributed by atoms with Crippen LogP contribution in [-0.4, -0.2) is 35.1 Å². The minimum Gasteiger partial charge on any atom is -0.409 e. The zero-order chi connectivity index (χ0) is 12.8. The highest BCUT2D eigenvalue weighted by Gasteiger charge is 2.15. The SMILES string of the molecule is CC(C)N(CCC(N)=NO)CCC(C)(C)C.